The van der Waals surface area contributed by atoms with Crippen LogP contribution in [0.2, 0.25) is 0 Å². The number of ether oxygens (including phenoxy) is 2. The normalized spacial score (nSPS) is 31.8. The Labute approximate surface area is 139 Å². The second kappa shape index (κ2) is 5.57. The predicted octanol–water partition coefficient (Wildman–Crippen LogP) is 0.0461. The monoisotopic (exact) mass is 421 g/mol. The van der Waals surface area contributed by atoms with Crippen molar-refractivity contribution in [3.05, 3.63) is 16.1 Å². The third kappa shape index (κ3) is 2.19. The van der Waals surface area contributed by atoms with Crippen LogP contribution in [0, 0.1) is 3.57 Å². The van der Waals surface area contributed by atoms with Gasteiger partial charge in [0.05, 0.1) is 19.1 Å². The minimum absolute atomic E-state index is 0.386. The van der Waals surface area contributed by atoms with Gasteiger partial charge in [0.15, 0.2) is 11.9 Å². The smallest absolute Gasteiger partial charge is 0.226 e. The van der Waals surface area contributed by atoms with E-state index in [2.05, 4.69) is 32.6 Å². The molecule has 3 N–H and O–H groups in total. The fourth-order valence-electron chi connectivity index (χ4n) is 2.74. The number of methoxy groups -OCH3 is 1. The summed E-state index contributed by atoms with van der Waals surface area (Å²) >= 11 is 2.12. The number of nitrogens with zero attached hydrogens (tertiary/aromatic N) is 3. The minimum Gasteiger partial charge on any atom is -0.480 e. The molecule has 0 unspecified atom stereocenters. The van der Waals surface area contributed by atoms with Gasteiger partial charge < -0.3 is 29.4 Å². The number of aliphatic hydroxyl groups is 3. The molecule has 120 valence electrons. The Morgan fingerprint density at radius 1 is 1.50 bits per heavy atom. The van der Waals surface area contributed by atoms with Gasteiger partial charge in [-0.15, -0.1) is 0 Å². The van der Waals surface area contributed by atoms with Crippen molar-refractivity contribution in [1.29, 1.82) is 0 Å². The van der Waals surface area contributed by atoms with Crippen LogP contribution < -0.4 is 4.74 Å². The van der Waals surface area contributed by atoms with E-state index >= 15 is 0 Å². The summed E-state index contributed by atoms with van der Waals surface area (Å²) in [6.45, 7) is 1.08. The zero-order valence-corrected chi connectivity index (χ0v) is 14.1. The highest BCUT2D eigenvalue weighted by Gasteiger charge is 2.53. The molecule has 0 spiro atoms. The van der Waals surface area contributed by atoms with Gasteiger partial charge in [0, 0.05) is 9.77 Å². The highest BCUT2D eigenvalue weighted by molar-refractivity contribution is 14.1. The van der Waals surface area contributed by atoms with E-state index in [1.165, 1.54) is 20.4 Å². The number of fused-ring (bicyclic) bond motifs is 1. The van der Waals surface area contributed by atoms with E-state index in [9.17, 15) is 15.3 Å². The van der Waals surface area contributed by atoms with Gasteiger partial charge in [-0.25, -0.2) is 9.97 Å². The van der Waals surface area contributed by atoms with Crippen molar-refractivity contribution < 1.29 is 24.8 Å². The maximum absolute atomic E-state index is 10.6. The maximum atomic E-state index is 10.6. The molecule has 0 aromatic carbocycles. The lowest BCUT2D eigenvalue weighted by atomic mass is 9.96. The van der Waals surface area contributed by atoms with Crippen LogP contribution in [-0.2, 0) is 4.74 Å². The van der Waals surface area contributed by atoms with Crippen LogP contribution in [0.5, 0.6) is 5.88 Å². The van der Waals surface area contributed by atoms with Crippen LogP contribution in [-0.4, -0.2) is 61.4 Å². The van der Waals surface area contributed by atoms with E-state index in [1.54, 1.807) is 10.8 Å². The van der Waals surface area contributed by atoms with Crippen LogP contribution in [0.25, 0.3) is 11.0 Å². The topological polar surface area (TPSA) is 110 Å². The molecule has 1 fully saturated rings. The summed E-state index contributed by atoms with van der Waals surface area (Å²) in [5, 5.41) is 30.7. The van der Waals surface area contributed by atoms with E-state index in [4.69, 9.17) is 9.47 Å². The molecular weight excluding hydrogens is 405 g/mol. The van der Waals surface area contributed by atoms with E-state index in [-0.39, 0.29) is 6.61 Å². The maximum Gasteiger partial charge on any atom is 0.226 e. The highest BCUT2D eigenvalue weighted by atomic mass is 127. The predicted molar refractivity (Wildman–Crippen MR) is 84.4 cm³/mol. The number of halogens is 1. The van der Waals surface area contributed by atoms with Crippen LogP contribution in [0.4, 0.5) is 0 Å². The fourth-order valence-corrected chi connectivity index (χ4v) is 3.51. The summed E-state index contributed by atoms with van der Waals surface area (Å²) in [5.41, 5.74) is -1.05. The van der Waals surface area contributed by atoms with E-state index in [0.717, 1.165) is 3.57 Å². The van der Waals surface area contributed by atoms with Gasteiger partial charge >= 0.3 is 0 Å². The first kappa shape index (κ1) is 15.9. The first-order valence-electron chi connectivity index (χ1n) is 6.63. The lowest BCUT2D eigenvalue weighted by Crippen LogP contribution is -2.44. The highest BCUT2D eigenvalue weighted by Crippen LogP contribution is 2.41. The first-order chi connectivity index (χ1) is 10.4. The average Bonchev–Trinajstić information content (AvgIpc) is 2.95. The van der Waals surface area contributed by atoms with Crippen molar-refractivity contribution in [3.63, 3.8) is 0 Å². The molecule has 0 saturated carbocycles. The molecule has 1 saturated heterocycles. The number of rotatable bonds is 3. The molecule has 4 atom stereocenters. The lowest BCUT2D eigenvalue weighted by molar-refractivity contribution is -0.0948. The van der Waals surface area contributed by atoms with Crippen molar-refractivity contribution in [1.82, 2.24) is 14.5 Å². The fraction of sp³-hybridized carbons (Fsp3) is 0.538. The Balaban J connectivity index is 2.15. The van der Waals surface area contributed by atoms with Crippen LogP contribution >= 0.6 is 22.6 Å². The third-order valence-corrected chi connectivity index (χ3v) is 4.73. The van der Waals surface area contributed by atoms with Crippen LogP contribution in [0.1, 0.15) is 13.2 Å². The standard InChI is InChI=1S/C13H16IN3O5/c1-13(20)9(19)7(4-18)22-12(13)17-3-6(14)8-10(17)15-5-16-11(8)21-2/h3,5,7,9,12,18-20H,4H2,1-2H3/t7-,9-,12-,13-/m1/s1. The molecule has 2 aromatic heterocycles. The lowest BCUT2D eigenvalue weighted by Gasteiger charge is -2.27. The van der Waals surface area contributed by atoms with Gasteiger partial charge in [-0.05, 0) is 29.5 Å². The van der Waals surface area contributed by atoms with Crippen molar-refractivity contribution in [2.75, 3.05) is 13.7 Å². The Morgan fingerprint density at radius 3 is 2.82 bits per heavy atom. The summed E-state index contributed by atoms with van der Waals surface area (Å²) < 4.78 is 13.3. The second-order valence-electron chi connectivity index (χ2n) is 5.35. The molecular formula is C13H16IN3O5. The van der Waals surface area contributed by atoms with E-state index in [0.29, 0.717) is 16.9 Å². The molecule has 0 bridgehead atoms. The molecule has 9 heteroatoms. The second-order valence-corrected chi connectivity index (χ2v) is 6.51. The molecule has 3 heterocycles. The molecule has 8 nitrogen and oxygen atoms in total. The average molecular weight is 421 g/mol. The zero-order valence-electron chi connectivity index (χ0n) is 12.0. The summed E-state index contributed by atoms with van der Waals surface area (Å²) in [4.78, 5) is 8.29. The van der Waals surface area contributed by atoms with Crippen molar-refractivity contribution >= 4 is 33.6 Å². The number of aliphatic hydroxyl groups excluding tert-OH is 2. The molecule has 2 aromatic rings. The first-order valence-corrected chi connectivity index (χ1v) is 7.71. The van der Waals surface area contributed by atoms with Gasteiger partial charge in [0.1, 0.15) is 24.1 Å². The van der Waals surface area contributed by atoms with Crippen molar-refractivity contribution in [2.24, 2.45) is 0 Å². The Hall–Kier alpha value is -1.01. The molecule has 0 aliphatic carbocycles. The Morgan fingerprint density at radius 2 is 2.23 bits per heavy atom. The summed E-state index contributed by atoms with van der Waals surface area (Å²) in [5.74, 6) is 0.421. The zero-order chi connectivity index (χ0) is 16.1. The Kier molecular flexibility index (Phi) is 4.01. The molecule has 0 radical (unpaired) electrons. The summed E-state index contributed by atoms with van der Waals surface area (Å²) in [6.07, 6.45) is 0.149. The van der Waals surface area contributed by atoms with Gasteiger partial charge in [-0.2, -0.15) is 0 Å². The SMILES string of the molecule is COc1ncnc2c1c(I)cn2[C@@H]1O[C@H](CO)[C@@H](O)[C@@]1(C)O. The van der Waals surface area contributed by atoms with Gasteiger partial charge in [0.25, 0.3) is 0 Å². The number of aromatic nitrogens is 3. The molecule has 1 aliphatic rings. The van der Waals surface area contributed by atoms with Crippen molar-refractivity contribution in [2.45, 2.75) is 31.0 Å². The molecule has 22 heavy (non-hydrogen) atoms. The van der Waals surface area contributed by atoms with Gasteiger partial charge in [0.2, 0.25) is 5.88 Å². The third-order valence-electron chi connectivity index (χ3n) is 3.91. The van der Waals surface area contributed by atoms with E-state index < -0.39 is 24.0 Å². The van der Waals surface area contributed by atoms with Gasteiger partial charge in [-0.1, -0.05) is 0 Å². The largest absolute Gasteiger partial charge is 0.480 e. The molecule has 3 rings (SSSR count). The van der Waals surface area contributed by atoms with Crippen LogP contribution in [0.3, 0.4) is 0 Å². The van der Waals surface area contributed by atoms with Crippen LogP contribution in [0.15, 0.2) is 12.5 Å². The van der Waals surface area contributed by atoms with E-state index in [1.807, 2.05) is 0 Å². The minimum atomic E-state index is -1.57. The van der Waals surface area contributed by atoms with Gasteiger partial charge in [-0.3, -0.25) is 0 Å². The summed E-state index contributed by atoms with van der Waals surface area (Å²) in [7, 11) is 1.52. The van der Waals surface area contributed by atoms with Crippen molar-refractivity contribution in [3.8, 4) is 5.88 Å². The number of hydrogen-bond donors (Lipinski definition) is 3. The quantitative estimate of drug-likeness (QED) is 0.601. The molecule has 1 aliphatic heterocycles. The molecule has 0 amide bonds. The summed E-state index contributed by atoms with van der Waals surface area (Å²) in [6, 6.07) is 0. The number of hydrogen-bond acceptors (Lipinski definition) is 7. The Bertz CT molecular complexity index is 704.